The van der Waals surface area contributed by atoms with Crippen LogP contribution in [-0.2, 0) is 0 Å². The van der Waals surface area contributed by atoms with Crippen LogP contribution in [0.2, 0.25) is 0 Å². The summed E-state index contributed by atoms with van der Waals surface area (Å²) in [5.41, 5.74) is 12.9. The van der Waals surface area contributed by atoms with Gasteiger partial charge in [-0.15, -0.1) is 0 Å². The van der Waals surface area contributed by atoms with Crippen molar-refractivity contribution in [1.82, 2.24) is 4.98 Å². The first-order chi connectivity index (χ1) is 8.75. The molecule has 3 heterocycles. The summed E-state index contributed by atoms with van der Waals surface area (Å²) in [4.78, 5) is 9.19. The summed E-state index contributed by atoms with van der Waals surface area (Å²) in [7, 11) is 0. The van der Waals surface area contributed by atoms with E-state index >= 15 is 0 Å². The number of nitrogens with two attached hydrogens (primary N) is 2. The molecule has 18 heavy (non-hydrogen) atoms. The SMILES string of the molecule is Nc1ccc(N2CCCC2N)nc1N1CCCC1. The summed E-state index contributed by atoms with van der Waals surface area (Å²) >= 11 is 0. The molecular formula is C13H21N5. The van der Waals surface area contributed by atoms with Crippen molar-refractivity contribution in [2.24, 2.45) is 5.73 Å². The van der Waals surface area contributed by atoms with Gasteiger partial charge in [0, 0.05) is 19.6 Å². The Morgan fingerprint density at radius 2 is 1.89 bits per heavy atom. The van der Waals surface area contributed by atoms with Gasteiger partial charge in [-0.25, -0.2) is 4.98 Å². The molecule has 1 aromatic heterocycles. The van der Waals surface area contributed by atoms with Crippen LogP contribution in [0.4, 0.5) is 17.3 Å². The lowest BCUT2D eigenvalue weighted by molar-refractivity contribution is 0.694. The van der Waals surface area contributed by atoms with Gasteiger partial charge in [-0.05, 0) is 37.8 Å². The Bertz CT molecular complexity index is 427. The van der Waals surface area contributed by atoms with Crippen molar-refractivity contribution in [2.75, 3.05) is 35.2 Å². The highest BCUT2D eigenvalue weighted by atomic mass is 15.3. The average molecular weight is 247 g/mol. The largest absolute Gasteiger partial charge is 0.396 e. The maximum atomic E-state index is 6.09. The van der Waals surface area contributed by atoms with Crippen LogP contribution in [0.15, 0.2) is 12.1 Å². The summed E-state index contributed by atoms with van der Waals surface area (Å²) in [5, 5.41) is 0. The molecule has 2 aliphatic rings. The molecule has 0 saturated carbocycles. The fraction of sp³-hybridized carbons (Fsp3) is 0.615. The van der Waals surface area contributed by atoms with Gasteiger partial charge in [-0.2, -0.15) is 0 Å². The monoisotopic (exact) mass is 247 g/mol. The third-order valence-corrected chi connectivity index (χ3v) is 3.89. The van der Waals surface area contributed by atoms with Gasteiger partial charge in [0.15, 0.2) is 5.82 Å². The Morgan fingerprint density at radius 1 is 1.11 bits per heavy atom. The molecule has 0 spiro atoms. The summed E-state index contributed by atoms with van der Waals surface area (Å²) in [5.74, 6) is 1.90. The van der Waals surface area contributed by atoms with Crippen LogP contribution < -0.4 is 21.3 Å². The van der Waals surface area contributed by atoms with Gasteiger partial charge in [0.1, 0.15) is 5.82 Å². The minimum Gasteiger partial charge on any atom is -0.396 e. The van der Waals surface area contributed by atoms with E-state index < -0.39 is 0 Å². The molecule has 98 valence electrons. The Labute approximate surface area is 108 Å². The molecule has 5 heteroatoms. The summed E-state index contributed by atoms with van der Waals surface area (Å²) < 4.78 is 0. The normalized spacial score (nSPS) is 23.9. The van der Waals surface area contributed by atoms with E-state index in [9.17, 15) is 0 Å². The standard InChI is InChI=1S/C13H21N5/c14-10-5-6-12(18-9-3-4-11(18)15)16-13(10)17-7-1-2-8-17/h5-6,11H,1-4,7-9,14-15H2. The van der Waals surface area contributed by atoms with Crippen LogP contribution in [0.25, 0.3) is 0 Å². The smallest absolute Gasteiger partial charge is 0.154 e. The number of rotatable bonds is 2. The molecule has 1 unspecified atom stereocenters. The second kappa shape index (κ2) is 4.65. The zero-order chi connectivity index (χ0) is 12.5. The van der Waals surface area contributed by atoms with Crippen molar-refractivity contribution in [3.8, 4) is 0 Å². The molecule has 5 nitrogen and oxygen atoms in total. The summed E-state index contributed by atoms with van der Waals surface area (Å²) in [6.45, 7) is 3.12. The lowest BCUT2D eigenvalue weighted by Gasteiger charge is -2.25. The molecule has 3 rings (SSSR count). The Balaban J connectivity index is 1.89. The van der Waals surface area contributed by atoms with Crippen molar-refractivity contribution >= 4 is 17.3 Å². The Morgan fingerprint density at radius 3 is 2.56 bits per heavy atom. The number of nitrogens with zero attached hydrogens (tertiary/aromatic N) is 3. The molecule has 2 aliphatic heterocycles. The number of hydrogen-bond acceptors (Lipinski definition) is 5. The number of aromatic nitrogens is 1. The molecule has 0 aromatic carbocycles. The molecule has 1 aromatic rings. The van der Waals surface area contributed by atoms with E-state index in [1.807, 2.05) is 12.1 Å². The predicted octanol–water partition coefficient (Wildman–Crippen LogP) is 1.15. The first-order valence-electron chi connectivity index (χ1n) is 6.79. The zero-order valence-corrected chi connectivity index (χ0v) is 10.7. The van der Waals surface area contributed by atoms with E-state index in [2.05, 4.69) is 9.80 Å². The second-order valence-electron chi connectivity index (χ2n) is 5.18. The maximum absolute atomic E-state index is 6.09. The molecule has 0 amide bonds. The van der Waals surface area contributed by atoms with E-state index in [4.69, 9.17) is 16.5 Å². The van der Waals surface area contributed by atoms with E-state index in [0.29, 0.717) is 0 Å². The highest BCUT2D eigenvalue weighted by Gasteiger charge is 2.24. The molecule has 0 bridgehead atoms. The van der Waals surface area contributed by atoms with Crippen LogP contribution in [0.5, 0.6) is 0 Å². The van der Waals surface area contributed by atoms with Gasteiger partial charge in [-0.1, -0.05) is 0 Å². The summed E-state index contributed by atoms with van der Waals surface area (Å²) in [6.07, 6.45) is 4.76. The Hall–Kier alpha value is -1.49. The zero-order valence-electron chi connectivity index (χ0n) is 10.7. The first kappa shape index (κ1) is 11.6. The maximum Gasteiger partial charge on any atom is 0.154 e. The van der Waals surface area contributed by atoms with Crippen molar-refractivity contribution in [3.05, 3.63) is 12.1 Å². The van der Waals surface area contributed by atoms with Crippen LogP contribution in [0.3, 0.4) is 0 Å². The van der Waals surface area contributed by atoms with Crippen molar-refractivity contribution in [2.45, 2.75) is 31.8 Å². The first-order valence-corrected chi connectivity index (χ1v) is 6.79. The number of hydrogen-bond donors (Lipinski definition) is 2. The van der Waals surface area contributed by atoms with Crippen molar-refractivity contribution in [1.29, 1.82) is 0 Å². The molecule has 4 N–H and O–H groups in total. The highest BCUT2D eigenvalue weighted by Crippen LogP contribution is 2.29. The Kier molecular flexibility index (Phi) is 2.99. The molecule has 1 atom stereocenters. The van der Waals surface area contributed by atoms with Gasteiger partial charge in [0.2, 0.25) is 0 Å². The molecule has 0 radical (unpaired) electrons. The topological polar surface area (TPSA) is 71.4 Å². The van der Waals surface area contributed by atoms with E-state index in [-0.39, 0.29) is 6.17 Å². The molecular weight excluding hydrogens is 226 g/mol. The summed E-state index contributed by atoms with van der Waals surface area (Å²) in [6, 6.07) is 3.95. The number of pyridine rings is 1. The van der Waals surface area contributed by atoms with Crippen molar-refractivity contribution < 1.29 is 0 Å². The lowest BCUT2D eigenvalue weighted by Crippen LogP contribution is -2.37. The van der Waals surface area contributed by atoms with Crippen LogP contribution >= 0.6 is 0 Å². The molecule has 2 saturated heterocycles. The third-order valence-electron chi connectivity index (χ3n) is 3.89. The fourth-order valence-corrected chi connectivity index (χ4v) is 2.87. The second-order valence-corrected chi connectivity index (χ2v) is 5.18. The third kappa shape index (κ3) is 1.99. The lowest BCUT2D eigenvalue weighted by atomic mass is 10.3. The fourth-order valence-electron chi connectivity index (χ4n) is 2.87. The van der Waals surface area contributed by atoms with Gasteiger partial charge in [0.25, 0.3) is 0 Å². The van der Waals surface area contributed by atoms with Crippen LogP contribution in [0.1, 0.15) is 25.7 Å². The van der Waals surface area contributed by atoms with Gasteiger partial charge >= 0.3 is 0 Å². The van der Waals surface area contributed by atoms with Crippen LogP contribution in [-0.4, -0.2) is 30.8 Å². The van der Waals surface area contributed by atoms with Gasteiger partial charge in [0.05, 0.1) is 11.9 Å². The van der Waals surface area contributed by atoms with Crippen LogP contribution in [0, 0.1) is 0 Å². The minimum atomic E-state index is 0.104. The quantitative estimate of drug-likeness (QED) is 0.820. The molecule has 2 fully saturated rings. The van der Waals surface area contributed by atoms with E-state index in [1.54, 1.807) is 0 Å². The molecule has 0 aliphatic carbocycles. The number of anilines is 3. The van der Waals surface area contributed by atoms with E-state index in [0.717, 1.165) is 49.8 Å². The average Bonchev–Trinajstić information content (AvgIpc) is 3.01. The van der Waals surface area contributed by atoms with Crippen molar-refractivity contribution in [3.63, 3.8) is 0 Å². The number of nitrogen functional groups attached to an aromatic ring is 1. The predicted molar refractivity (Wildman–Crippen MR) is 74.7 cm³/mol. The van der Waals surface area contributed by atoms with Gasteiger partial charge < -0.3 is 21.3 Å². The van der Waals surface area contributed by atoms with E-state index in [1.165, 1.54) is 12.8 Å². The minimum absolute atomic E-state index is 0.104. The van der Waals surface area contributed by atoms with Gasteiger partial charge in [-0.3, -0.25) is 0 Å². The highest BCUT2D eigenvalue weighted by molar-refractivity contribution is 5.66.